The van der Waals surface area contributed by atoms with Crippen LogP contribution in [0.5, 0.6) is 0 Å². The highest BCUT2D eigenvalue weighted by Gasteiger charge is 2.31. The maximum Gasteiger partial charge on any atom is 0.416 e. The van der Waals surface area contributed by atoms with Gasteiger partial charge in [-0.2, -0.15) is 18.4 Å². The fourth-order valence-corrected chi connectivity index (χ4v) is 2.60. The number of hydrogen-bond donors (Lipinski definition) is 0. The van der Waals surface area contributed by atoms with Crippen molar-refractivity contribution in [3.63, 3.8) is 0 Å². The maximum absolute atomic E-state index is 12.8. The molecule has 1 saturated heterocycles. The molecule has 0 saturated carbocycles. The number of nitriles is 1. The van der Waals surface area contributed by atoms with Gasteiger partial charge in [0.05, 0.1) is 31.3 Å². The number of benzene rings is 1. The van der Waals surface area contributed by atoms with Crippen molar-refractivity contribution in [1.82, 2.24) is 9.80 Å². The lowest BCUT2D eigenvalue weighted by atomic mass is 10.1. The van der Waals surface area contributed by atoms with Gasteiger partial charge in [-0.15, -0.1) is 0 Å². The Morgan fingerprint density at radius 2 is 2.00 bits per heavy atom. The van der Waals surface area contributed by atoms with Crippen LogP contribution in [0, 0.1) is 11.3 Å². The molecule has 1 fully saturated rings. The number of amides is 1. The molecule has 8 heteroatoms. The Morgan fingerprint density at radius 1 is 1.28 bits per heavy atom. The monoisotopic (exact) mass is 355 g/mol. The molecule has 0 unspecified atom stereocenters. The van der Waals surface area contributed by atoms with Crippen LogP contribution in [0.1, 0.15) is 22.3 Å². The van der Waals surface area contributed by atoms with Crippen LogP contribution in [0.4, 0.5) is 13.2 Å². The van der Waals surface area contributed by atoms with E-state index in [-0.39, 0.29) is 18.5 Å². The van der Waals surface area contributed by atoms with Crippen LogP contribution in [0.25, 0.3) is 0 Å². The number of alkyl halides is 3. The molecule has 1 amide bonds. The molecular formula is C17H20F3N3O2. The lowest BCUT2D eigenvalue weighted by Crippen LogP contribution is -2.43. The van der Waals surface area contributed by atoms with Gasteiger partial charge in [-0.05, 0) is 18.2 Å². The maximum atomic E-state index is 12.8. The Bertz CT molecular complexity index is 622. The molecule has 0 atom stereocenters. The van der Waals surface area contributed by atoms with Crippen LogP contribution >= 0.6 is 0 Å². The minimum Gasteiger partial charge on any atom is -0.379 e. The molecule has 0 radical (unpaired) electrons. The average molecular weight is 355 g/mol. The molecule has 0 bridgehead atoms. The van der Waals surface area contributed by atoms with Crippen LogP contribution in [0.15, 0.2) is 24.3 Å². The van der Waals surface area contributed by atoms with Gasteiger partial charge >= 0.3 is 6.18 Å². The van der Waals surface area contributed by atoms with Crippen molar-refractivity contribution in [2.45, 2.75) is 12.6 Å². The molecule has 1 aliphatic heterocycles. The smallest absolute Gasteiger partial charge is 0.379 e. The molecule has 0 N–H and O–H groups in total. The predicted octanol–water partition coefficient (Wildman–Crippen LogP) is 2.39. The molecule has 0 aromatic heterocycles. The zero-order valence-corrected chi connectivity index (χ0v) is 13.8. The van der Waals surface area contributed by atoms with Crippen molar-refractivity contribution in [3.8, 4) is 6.07 Å². The summed E-state index contributed by atoms with van der Waals surface area (Å²) in [5.41, 5.74) is -0.874. The van der Waals surface area contributed by atoms with E-state index in [2.05, 4.69) is 4.90 Å². The second kappa shape index (κ2) is 8.83. The largest absolute Gasteiger partial charge is 0.416 e. The number of morpholine rings is 1. The van der Waals surface area contributed by atoms with Crippen LogP contribution in [0.2, 0.25) is 0 Å². The van der Waals surface area contributed by atoms with Crippen molar-refractivity contribution in [2.75, 3.05) is 45.9 Å². The third-order valence-electron chi connectivity index (χ3n) is 4.01. The minimum atomic E-state index is -4.50. The number of carbonyl (C=O) groups is 1. The number of rotatable bonds is 6. The van der Waals surface area contributed by atoms with Gasteiger partial charge in [-0.3, -0.25) is 9.69 Å². The van der Waals surface area contributed by atoms with E-state index in [1.807, 2.05) is 6.07 Å². The fourth-order valence-electron chi connectivity index (χ4n) is 2.60. The van der Waals surface area contributed by atoms with E-state index < -0.39 is 17.6 Å². The van der Waals surface area contributed by atoms with E-state index in [4.69, 9.17) is 10.00 Å². The number of ether oxygens (including phenoxy) is 1. The minimum absolute atomic E-state index is 0.0188. The first-order chi connectivity index (χ1) is 11.9. The summed E-state index contributed by atoms with van der Waals surface area (Å²) in [6.07, 6.45) is -4.37. The first kappa shape index (κ1) is 19.2. The standard InChI is InChI=1S/C17H20F3N3O2/c18-17(19,20)15-4-1-3-14(13-15)16(24)23(6-2-5-21)8-7-22-9-11-25-12-10-22/h1,3-4,13H,2,6-12H2. The van der Waals surface area contributed by atoms with Gasteiger partial charge in [0, 0.05) is 38.3 Å². The predicted molar refractivity (Wildman–Crippen MR) is 84.8 cm³/mol. The summed E-state index contributed by atoms with van der Waals surface area (Å²) in [6, 6.07) is 6.35. The lowest BCUT2D eigenvalue weighted by Gasteiger charge is -2.30. The average Bonchev–Trinajstić information content (AvgIpc) is 2.61. The van der Waals surface area contributed by atoms with E-state index in [1.165, 1.54) is 17.0 Å². The number of carbonyl (C=O) groups excluding carboxylic acids is 1. The first-order valence-corrected chi connectivity index (χ1v) is 8.05. The number of nitrogens with zero attached hydrogens (tertiary/aromatic N) is 3. The van der Waals surface area contributed by atoms with Gasteiger partial charge in [-0.25, -0.2) is 0 Å². The van der Waals surface area contributed by atoms with Crippen molar-refractivity contribution >= 4 is 5.91 Å². The SMILES string of the molecule is N#CCCN(CCN1CCOCC1)C(=O)c1cccc(C(F)(F)F)c1. The Labute approximate surface area is 144 Å². The molecule has 136 valence electrons. The van der Waals surface area contributed by atoms with E-state index >= 15 is 0 Å². The molecule has 1 aromatic rings. The fraction of sp³-hybridized carbons (Fsp3) is 0.529. The molecule has 1 aliphatic rings. The zero-order chi connectivity index (χ0) is 18.3. The van der Waals surface area contributed by atoms with Gasteiger partial charge in [0.1, 0.15) is 0 Å². The first-order valence-electron chi connectivity index (χ1n) is 8.05. The molecule has 2 rings (SSSR count). The highest BCUT2D eigenvalue weighted by atomic mass is 19.4. The molecular weight excluding hydrogens is 335 g/mol. The molecule has 25 heavy (non-hydrogen) atoms. The Morgan fingerprint density at radius 3 is 2.64 bits per heavy atom. The second-order valence-electron chi connectivity index (χ2n) is 5.73. The van der Waals surface area contributed by atoms with E-state index in [9.17, 15) is 18.0 Å². The Kier molecular flexibility index (Phi) is 6.79. The van der Waals surface area contributed by atoms with Crippen LogP contribution in [-0.4, -0.2) is 61.6 Å². The zero-order valence-electron chi connectivity index (χ0n) is 13.8. The summed E-state index contributed by atoms with van der Waals surface area (Å²) >= 11 is 0. The van der Waals surface area contributed by atoms with E-state index in [0.29, 0.717) is 26.3 Å². The summed E-state index contributed by atoms with van der Waals surface area (Å²) < 4.78 is 43.8. The third kappa shape index (κ3) is 5.73. The summed E-state index contributed by atoms with van der Waals surface area (Å²) in [5, 5.41) is 8.77. The van der Waals surface area contributed by atoms with Crippen LogP contribution in [-0.2, 0) is 10.9 Å². The summed E-state index contributed by atoms with van der Waals surface area (Å²) in [6.45, 7) is 3.90. The van der Waals surface area contributed by atoms with Gasteiger partial charge in [-0.1, -0.05) is 6.07 Å². The van der Waals surface area contributed by atoms with Gasteiger partial charge in [0.2, 0.25) is 0 Å². The van der Waals surface area contributed by atoms with Crippen molar-refractivity contribution < 1.29 is 22.7 Å². The highest BCUT2D eigenvalue weighted by Crippen LogP contribution is 2.29. The second-order valence-corrected chi connectivity index (χ2v) is 5.73. The summed E-state index contributed by atoms with van der Waals surface area (Å²) in [5.74, 6) is -0.491. The highest BCUT2D eigenvalue weighted by molar-refractivity contribution is 5.94. The van der Waals surface area contributed by atoms with Crippen LogP contribution < -0.4 is 0 Å². The van der Waals surface area contributed by atoms with Crippen LogP contribution in [0.3, 0.4) is 0 Å². The molecule has 5 nitrogen and oxygen atoms in total. The summed E-state index contributed by atoms with van der Waals surface area (Å²) in [4.78, 5) is 16.2. The van der Waals surface area contributed by atoms with Gasteiger partial charge < -0.3 is 9.64 Å². The van der Waals surface area contributed by atoms with Gasteiger partial charge in [0.15, 0.2) is 0 Å². The molecule has 0 aliphatic carbocycles. The normalized spacial score (nSPS) is 15.6. The Hall–Kier alpha value is -2.11. The topological polar surface area (TPSA) is 56.6 Å². The number of hydrogen-bond acceptors (Lipinski definition) is 4. The van der Waals surface area contributed by atoms with Crippen molar-refractivity contribution in [2.24, 2.45) is 0 Å². The van der Waals surface area contributed by atoms with Crippen molar-refractivity contribution in [1.29, 1.82) is 5.26 Å². The molecule has 1 heterocycles. The van der Waals surface area contributed by atoms with E-state index in [1.54, 1.807) is 0 Å². The Balaban J connectivity index is 2.07. The quantitative estimate of drug-likeness (QED) is 0.786. The number of halogens is 3. The van der Waals surface area contributed by atoms with Crippen molar-refractivity contribution in [3.05, 3.63) is 35.4 Å². The molecule has 1 aromatic carbocycles. The molecule has 0 spiro atoms. The van der Waals surface area contributed by atoms with Gasteiger partial charge in [0.25, 0.3) is 5.91 Å². The summed E-state index contributed by atoms with van der Waals surface area (Å²) in [7, 11) is 0. The lowest BCUT2D eigenvalue weighted by molar-refractivity contribution is -0.137. The third-order valence-corrected chi connectivity index (χ3v) is 4.01. The van der Waals surface area contributed by atoms with E-state index in [0.717, 1.165) is 25.2 Å².